The summed E-state index contributed by atoms with van der Waals surface area (Å²) in [6.45, 7) is 2.18. The Kier molecular flexibility index (Phi) is 11.5. The van der Waals surface area contributed by atoms with Crippen LogP contribution in [0.25, 0.3) is 0 Å². The number of benzene rings is 4. The number of carbonyl (C=O) groups excluding carboxylic acids is 2. The molecule has 43 heavy (non-hydrogen) atoms. The van der Waals surface area contributed by atoms with Gasteiger partial charge in [-0.05, 0) is 53.9 Å². The lowest BCUT2D eigenvalue weighted by Gasteiger charge is -2.34. The van der Waals surface area contributed by atoms with Crippen LogP contribution in [-0.4, -0.2) is 44.3 Å². The van der Waals surface area contributed by atoms with Gasteiger partial charge < -0.3 is 10.2 Å². The van der Waals surface area contributed by atoms with Crippen LogP contribution in [0, 0.1) is 0 Å². The molecule has 224 valence electrons. The van der Waals surface area contributed by atoms with E-state index in [2.05, 4.69) is 21.2 Å². The monoisotopic (exact) mass is 661 g/mol. The molecule has 0 heterocycles. The molecule has 1 unspecified atom stereocenters. The molecule has 0 saturated carbocycles. The molecule has 1 atom stereocenters. The average Bonchev–Trinajstić information content (AvgIpc) is 3.03. The molecular weight excluding hydrogens is 626 g/mol. The topological polar surface area (TPSA) is 86.8 Å². The van der Waals surface area contributed by atoms with E-state index >= 15 is 0 Å². The van der Waals surface area contributed by atoms with Crippen molar-refractivity contribution in [1.82, 2.24) is 10.2 Å². The van der Waals surface area contributed by atoms with Crippen LogP contribution in [0.1, 0.15) is 30.9 Å². The lowest BCUT2D eigenvalue weighted by Crippen LogP contribution is -2.53. The standard InChI is InChI=1S/C34H36BrN3O4S/c1-2-3-23-36-34(40)32(24-27-13-7-4-8-14-27)37(25-28-15-9-5-10-16-28)33(39)26-38(30-21-19-29(35)20-22-30)43(41,42)31-17-11-6-12-18-31/h4-22,32H,2-3,23-26H2,1H3,(H,36,40). The normalized spacial score (nSPS) is 11.9. The summed E-state index contributed by atoms with van der Waals surface area (Å²) in [6.07, 6.45) is 2.00. The third-order valence-electron chi connectivity index (χ3n) is 7.02. The fourth-order valence-corrected chi connectivity index (χ4v) is 6.40. The lowest BCUT2D eigenvalue weighted by atomic mass is 10.0. The summed E-state index contributed by atoms with van der Waals surface area (Å²) in [5.74, 6) is -0.763. The highest BCUT2D eigenvalue weighted by molar-refractivity contribution is 9.10. The fraction of sp³-hybridized carbons (Fsp3) is 0.235. The highest BCUT2D eigenvalue weighted by Gasteiger charge is 2.34. The van der Waals surface area contributed by atoms with Crippen molar-refractivity contribution in [2.24, 2.45) is 0 Å². The van der Waals surface area contributed by atoms with Gasteiger partial charge in [-0.15, -0.1) is 0 Å². The van der Waals surface area contributed by atoms with E-state index in [4.69, 9.17) is 0 Å². The van der Waals surface area contributed by atoms with Gasteiger partial charge in [0.05, 0.1) is 10.6 Å². The quantitative estimate of drug-likeness (QED) is 0.163. The first-order valence-electron chi connectivity index (χ1n) is 14.3. The molecule has 4 rings (SSSR count). The number of anilines is 1. The Hall–Kier alpha value is -3.95. The summed E-state index contributed by atoms with van der Waals surface area (Å²) in [4.78, 5) is 29.7. The highest BCUT2D eigenvalue weighted by Crippen LogP contribution is 2.26. The van der Waals surface area contributed by atoms with Gasteiger partial charge >= 0.3 is 0 Å². The van der Waals surface area contributed by atoms with Crippen LogP contribution in [0.4, 0.5) is 5.69 Å². The minimum Gasteiger partial charge on any atom is -0.354 e. The zero-order valence-electron chi connectivity index (χ0n) is 24.1. The highest BCUT2D eigenvalue weighted by atomic mass is 79.9. The van der Waals surface area contributed by atoms with Gasteiger partial charge in [-0.2, -0.15) is 0 Å². The van der Waals surface area contributed by atoms with Crippen LogP contribution in [0.15, 0.2) is 125 Å². The van der Waals surface area contributed by atoms with Gasteiger partial charge in [0.1, 0.15) is 12.6 Å². The first kappa shape index (κ1) is 32.0. The molecule has 0 spiro atoms. The first-order chi connectivity index (χ1) is 20.8. The molecule has 0 aliphatic carbocycles. The Labute approximate surface area is 262 Å². The predicted octanol–water partition coefficient (Wildman–Crippen LogP) is 6.20. The number of halogens is 1. The van der Waals surface area contributed by atoms with E-state index in [-0.39, 0.29) is 23.8 Å². The van der Waals surface area contributed by atoms with E-state index in [0.29, 0.717) is 12.2 Å². The largest absolute Gasteiger partial charge is 0.354 e. The molecule has 9 heteroatoms. The summed E-state index contributed by atoms with van der Waals surface area (Å²) in [5, 5.41) is 3.00. The third kappa shape index (κ3) is 8.78. The maximum Gasteiger partial charge on any atom is 0.264 e. The minimum absolute atomic E-state index is 0.0680. The van der Waals surface area contributed by atoms with Crippen molar-refractivity contribution in [2.75, 3.05) is 17.4 Å². The van der Waals surface area contributed by atoms with Crippen molar-refractivity contribution >= 4 is 43.5 Å². The summed E-state index contributed by atoms with van der Waals surface area (Å²) in [5.41, 5.74) is 2.06. The number of hydrogen-bond donors (Lipinski definition) is 1. The SMILES string of the molecule is CCCCNC(=O)C(Cc1ccccc1)N(Cc1ccccc1)C(=O)CN(c1ccc(Br)cc1)S(=O)(=O)c1ccccc1. The molecular formula is C34H36BrN3O4S. The Bertz CT molecular complexity index is 1570. The number of amides is 2. The van der Waals surface area contributed by atoms with Gasteiger partial charge in [0.25, 0.3) is 10.0 Å². The zero-order valence-corrected chi connectivity index (χ0v) is 26.5. The van der Waals surface area contributed by atoms with Crippen molar-refractivity contribution in [3.8, 4) is 0 Å². The molecule has 7 nitrogen and oxygen atoms in total. The summed E-state index contributed by atoms with van der Waals surface area (Å²) in [6, 6.07) is 32.9. The molecule has 4 aromatic carbocycles. The molecule has 2 amide bonds. The van der Waals surface area contributed by atoms with Crippen molar-refractivity contribution in [3.63, 3.8) is 0 Å². The second-order valence-electron chi connectivity index (χ2n) is 10.2. The van der Waals surface area contributed by atoms with E-state index < -0.39 is 28.5 Å². The number of sulfonamides is 1. The molecule has 0 aliphatic rings. The fourth-order valence-electron chi connectivity index (χ4n) is 4.70. The van der Waals surface area contributed by atoms with Crippen LogP contribution >= 0.6 is 15.9 Å². The van der Waals surface area contributed by atoms with Crippen molar-refractivity contribution in [1.29, 1.82) is 0 Å². The van der Waals surface area contributed by atoms with Gasteiger partial charge in [0, 0.05) is 24.0 Å². The minimum atomic E-state index is -4.12. The maximum absolute atomic E-state index is 14.4. The van der Waals surface area contributed by atoms with Gasteiger partial charge in [0.2, 0.25) is 11.8 Å². The van der Waals surface area contributed by atoms with Crippen LogP contribution < -0.4 is 9.62 Å². The van der Waals surface area contributed by atoms with E-state index in [1.807, 2.05) is 67.6 Å². The number of nitrogens with one attached hydrogen (secondary N) is 1. The summed E-state index contributed by atoms with van der Waals surface area (Å²) in [7, 11) is -4.12. The van der Waals surface area contributed by atoms with Gasteiger partial charge in [-0.3, -0.25) is 13.9 Å². The summed E-state index contributed by atoms with van der Waals surface area (Å²) < 4.78 is 29.8. The van der Waals surface area contributed by atoms with Crippen LogP contribution in [-0.2, 0) is 32.6 Å². The first-order valence-corrected chi connectivity index (χ1v) is 16.5. The second-order valence-corrected chi connectivity index (χ2v) is 12.9. The Morgan fingerprint density at radius 2 is 1.35 bits per heavy atom. The van der Waals surface area contributed by atoms with Gasteiger partial charge in [-0.1, -0.05) is 108 Å². The van der Waals surface area contributed by atoms with E-state index in [1.165, 1.54) is 17.0 Å². The molecule has 0 saturated heterocycles. The smallest absolute Gasteiger partial charge is 0.264 e. The molecule has 0 fully saturated rings. The molecule has 4 aromatic rings. The van der Waals surface area contributed by atoms with Crippen LogP contribution in [0.5, 0.6) is 0 Å². The molecule has 0 aliphatic heterocycles. The number of hydrogen-bond acceptors (Lipinski definition) is 4. The Morgan fingerprint density at radius 3 is 1.93 bits per heavy atom. The lowest BCUT2D eigenvalue weighted by molar-refractivity contribution is -0.140. The molecule has 0 aromatic heterocycles. The van der Waals surface area contributed by atoms with Crippen molar-refractivity contribution < 1.29 is 18.0 Å². The van der Waals surface area contributed by atoms with Crippen LogP contribution in [0.3, 0.4) is 0 Å². The van der Waals surface area contributed by atoms with E-state index in [9.17, 15) is 18.0 Å². The number of rotatable bonds is 14. The Morgan fingerprint density at radius 1 is 0.791 bits per heavy atom. The maximum atomic E-state index is 14.4. The zero-order chi connectivity index (χ0) is 30.7. The van der Waals surface area contributed by atoms with Gasteiger partial charge in [0.15, 0.2) is 0 Å². The third-order valence-corrected chi connectivity index (χ3v) is 9.34. The summed E-state index contributed by atoms with van der Waals surface area (Å²) >= 11 is 3.41. The van der Waals surface area contributed by atoms with E-state index in [0.717, 1.165) is 32.7 Å². The molecule has 0 radical (unpaired) electrons. The average molecular weight is 663 g/mol. The predicted molar refractivity (Wildman–Crippen MR) is 174 cm³/mol. The van der Waals surface area contributed by atoms with E-state index in [1.54, 1.807) is 42.5 Å². The second kappa shape index (κ2) is 15.5. The number of nitrogens with zero attached hydrogens (tertiary/aromatic N) is 2. The number of unbranched alkanes of at least 4 members (excludes halogenated alkanes) is 1. The number of carbonyl (C=O) groups is 2. The van der Waals surface area contributed by atoms with Crippen molar-refractivity contribution in [2.45, 2.75) is 43.7 Å². The Balaban J connectivity index is 1.76. The van der Waals surface area contributed by atoms with Crippen molar-refractivity contribution in [3.05, 3.63) is 131 Å². The van der Waals surface area contributed by atoms with Gasteiger partial charge in [-0.25, -0.2) is 8.42 Å². The molecule has 1 N–H and O–H groups in total. The molecule has 0 bridgehead atoms. The van der Waals surface area contributed by atoms with Crippen LogP contribution in [0.2, 0.25) is 0 Å².